The second kappa shape index (κ2) is 18.9. The number of carbonyl (C=O) groups is 4. The fourth-order valence-corrected chi connectivity index (χ4v) is 5.22. The van der Waals surface area contributed by atoms with E-state index < -0.39 is 33.2 Å². The smallest absolute Gasteiger partial charge is 0.394 e. The molecule has 4 rings (SSSR count). The van der Waals surface area contributed by atoms with Crippen molar-refractivity contribution in [2.45, 2.75) is 81.3 Å². The number of carboxylic acid groups (broad SMARTS) is 2. The molecular formula is C38H52N6O12S. The highest BCUT2D eigenvalue weighted by Crippen LogP contribution is 2.36. The number of aryl methyl sites for hydroxylation is 2. The average molecular weight is 817 g/mol. The number of hydrogen-bond donors (Lipinski definition) is 8. The first-order valence-electron chi connectivity index (χ1n) is 17.5. The van der Waals surface area contributed by atoms with E-state index in [9.17, 15) is 29.4 Å². The fourth-order valence-electron chi connectivity index (χ4n) is 5.22. The first-order chi connectivity index (χ1) is 26.1. The van der Waals surface area contributed by atoms with Crippen molar-refractivity contribution < 1.29 is 56.4 Å². The maximum atomic E-state index is 12.3. The van der Waals surface area contributed by atoms with E-state index in [0.717, 1.165) is 0 Å². The number of ether oxygens (including phenoxy) is 2. The highest BCUT2D eigenvalue weighted by Gasteiger charge is 2.31. The van der Waals surface area contributed by atoms with Crippen molar-refractivity contribution in [2.24, 2.45) is 10.8 Å². The van der Waals surface area contributed by atoms with E-state index in [1.807, 2.05) is 27.7 Å². The molecule has 0 saturated carbocycles. The van der Waals surface area contributed by atoms with Gasteiger partial charge in [0, 0.05) is 12.1 Å². The lowest BCUT2D eigenvalue weighted by Crippen LogP contribution is -2.43. The summed E-state index contributed by atoms with van der Waals surface area (Å²) in [6.45, 7) is 18.1. The Bertz CT molecular complexity index is 2110. The van der Waals surface area contributed by atoms with Crippen molar-refractivity contribution in [3.63, 3.8) is 0 Å². The van der Waals surface area contributed by atoms with Crippen LogP contribution in [0.3, 0.4) is 0 Å². The number of pyridine rings is 2. The van der Waals surface area contributed by atoms with Crippen molar-refractivity contribution in [1.29, 1.82) is 0 Å². The Labute approximate surface area is 330 Å². The van der Waals surface area contributed by atoms with Crippen LogP contribution in [0.15, 0.2) is 36.4 Å². The number of carboxylic acids is 2. The van der Waals surface area contributed by atoms with Gasteiger partial charge in [-0.05, 0) is 93.5 Å². The fraction of sp³-hybridized carbons (Fsp3) is 0.421. The maximum Gasteiger partial charge on any atom is 0.394 e. The zero-order valence-electron chi connectivity index (χ0n) is 33.5. The standard InChI is InChI=1S/2C19H25N3O4.H2O4S/c2*1-10(2)21-18(25)19(4,5)9-26-13-8-6-7-12-15(13)16(20)14(17(23)24)11(3)22-12;1-5(2,3)4/h2*6-8,10H,9H2,1-5H3,(H2,20,22)(H,21,25)(H,23,24);(H2,1,2,3,4). The van der Waals surface area contributed by atoms with Crippen LogP contribution in [-0.4, -0.2) is 86.8 Å². The summed E-state index contributed by atoms with van der Waals surface area (Å²) in [7, 11) is -4.67. The highest BCUT2D eigenvalue weighted by molar-refractivity contribution is 7.79. The monoisotopic (exact) mass is 816 g/mol. The second-order valence-electron chi connectivity index (χ2n) is 14.9. The molecule has 10 N–H and O–H groups in total. The Balaban J connectivity index is 0.000000352. The quantitative estimate of drug-likeness (QED) is 0.0886. The third-order valence-electron chi connectivity index (χ3n) is 8.06. The molecule has 18 nitrogen and oxygen atoms in total. The van der Waals surface area contributed by atoms with Crippen LogP contribution >= 0.6 is 0 Å². The van der Waals surface area contributed by atoms with Gasteiger partial charge in [-0.1, -0.05) is 12.1 Å². The molecule has 312 valence electrons. The average Bonchev–Trinajstić information content (AvgIpc) is 3.04. The number of nitrogens with zero attached hydrogens (tertiary/aromatic N) is 2. The van der Waals surface area contributed by atoms with Crippen LogP contribution in [0.5, 0.6) is 11.5 Å². The van der Waals surface area contributed by atoms with Gasteiger partial charge < -0.3 is 41.8 Å². The number of fused-ring (bicyclic) bond motifs is 2. The molecule has 0 aliphatic rings. The van der Waals surface area contributed by atoms with Gasteiger partial charge in [-0.25, -0.2) is 9.59 Å². The van der Waals surface area contributed by atoms with Gasteiger partial charge in [-0.3, -0.25) is 28.7 Å². The summed E-state index contributed by atoms with van der Waals surface area (Å²) in [5, 5.41) is 25.4. The van der Waals surface area contributed by atoms with Crippen LogP contribution in [0.25, 0.3) is 21.8 Å². The van der Waals surface area contributed by atoms with Gasteiger partial charge in [0.2, 0.25) is 11.8 Å². The second-order valence-corrected chi connectivity index (χ2v) is 15.8. The van der Waals surface area contributed by atoms with Gasteiger partial charge >= 0.3 is 22.3 Å². The summed E-state index contributed by atoms with van der Waals surface area (Å²) in [6, 6.07) is 10.4. The predicted octanol–water partition coefficient (Wildman–Crippen LogP) is 4.85. The summed E-state index contributed by atoms with van der Waals surface area (Å²) in [5.74, 6) is -1.72. The Kier molecular flexibility index (Phi) is 15.7. The minimum Gasteiger partial charge on any atom is -0.492 e. The molecule has 4 aromatic rings. The number of nitrogens with one attached hydrogen (secondary N) is 2. The molecule has 0 radical (unpaired) electrons. The minimum atomic E-state index is -4.67. The largest absolute Gasteiger partial charge is 0.492 e. The van der Waals surface area contributed by atoms with Crippen molar-refractivity contribution in [3.05, 3.63) is 58.9 Å². The summed E-state index contributed by atoms with van der Waals surface area (Å²) in [4.78, 5) is 56.2. The first kappa shape index (κ1) is 47.4. The number of benzene rings is 2. The number of nitrogens with two attached hydrogens (primary N) is 2. The molecule has 2 amide bonds. The van der Waals surface area contributed by atoms with E-state index in [2.05, 4.69) is 20.6 Å². The topological polar surface area (TPSA) is 304 Å². The van der Waals surface area contributed by atoms with E-state index in [1.165, 1.54) is 0 Å². The van der Waals surface area contributed by atoms with Crippen LogP contribution in [0.4, 0.5) is 11.4 Å². The van der Waals surface area contributed by atoms with Gasteiger partial charge in [0.05, 0.1) is 55.4 Å². The molecule has 2 aromatic heterocycles. The molecule has 0 atom stereocenters. The third kappa shape index (κ3) is 13.1. The van der Waals surface area contributed by atoms with Gasteiger partial charge in [0.25, 0.3) is 0 Å². The van der Waals surface area contributed by atoms with E-state index in [0.29, 0.717) is 44.7 Å². The number of amides is 2. The number of aromatic carboxylic acids is 2. The number of anilines is 2. The summed E-state index contributed by atoms with van der Waals surface area (Å²) in [5.41, 5.74) is 12.6. The van der Waals surface area contributed by atoms with Crippen molar-refractivity contribution in [1.82, 2.24) is 20.6 Å². The molecule has 2 aromatic carbocycles. The number of carbonyl (C=O) groups excluding carboxylic acids is 2. The molecule has 0 fully saturated rings. The normalized spacial score (nSPS) is 11.6. The Morgan fingerprint density at radius 3 is 1.25 bits per heavy atom. The van der Waals surface area contributed by atoms with Crippen molar-refractivity contribution in [3.8, 4) is 11.5 Å². The summed E-state index contributed by atoms with van der Waals surface area (Å²) < 4.78 is 43.3. The summed E-state index contributed by atoms with van der Waals surface area (Å²) >= 11 is 0. The maximum absolute atomic E-state index is 12.3. The molecule has 57 heavy (non-hydrogen) atoms. The number of rotatable bonds is 12. The number of nitrogen functional groups attached to an aromatic ring is 2. The van der Waals surface area contributed by atoms with Crippen molar-refractivity contribution >= 4 is 67.3 Å². The van der Waals surface area contributed by atoms with E-state index in [4.69, 9.17) is 38.5 Å². The SMILES string of the molecule is Cc1nc2cccc(OCC(C)(C)C(=O)NC(C)C)c2c(N)c1C(=O)O.Cc1nc2cccc(OCC(C)(C)C(=O)NC(C)C)c2c(N)c1C(=O)O.O=S(=O)(O)O. The Morgan fingerprint density at radius 2 is 0.982 bits per heavy atom. The van der Waals surface area contributed by atoms with Gasteiger partial charge in [0.1, 0.15) is 35.8 Å². The lowest BCUT2D eigenvalue weighted by molar-refractivity contribution is -0.132. The molecule has 0 aliphatic carbocycles. The van der Waals surface area contributed by atoms with Gasteiger partial charge in [-0.15, -0.1) is 0 Å². The number of aromatic nitrogens is 2. The summed E-state index contributed by atoms with van der Waals surface area (Å²) in [6.07, 6.45) is 0. The molecule has 0 saturated heterocycles. The predicted molar refractivity (Wildman–Crippen MR) is 215 cm³/mol. The lowest BCUT2D eigenvalue weighted by atomic mass is 9.93. The van der Waals surface area contributed by atoms with Crippen molar-refractivity contribution in [2.75, 3.05) is 24.7 Å². The van der Waals surface area contributed by atoms with Crippen LogP contribution in [0.2, 0.25) is 0 Å². The number of hydrogen-bond acceptors (Lipinski definition) is 12. The zero-order valence-corrected chi connectivity index (χ0v) is 34.4. The van der Waals surface area contributed by atoms with Crippen LogP contribution in [-0.2, 0) is 20.0 Å². The van der Waals surface area contributed by atoms with Crippen LogP contribution in [0.1, 0.15) is 87.5 Å². The van der Waals surface area contributed by atoms with Gasteiger partial charge in [-0.2, -0.15) is 8.42 Å². The first-order valence-corrected chi connectivity index (χ1v) is 18.9. The van der Waals surface area contributed by atoms with Crippen LogP contribution in [0, 0.1) is 24.7 Å². The van der Waals surface area contributed by atoms with E-state index in [-0.39, 0.29) is 59.6 Å². The molecular weight excluding hydrogens is 765 g/mol. The van der Waals surface area contributed by atoms with E-state index >= 15 is 0 Å². The molecule has 0 unspecified atom stereocenters. The lowest BCUT2D eigenvalue weighted by Gasteiger charge is -2.25. The molecule has 0 spiro atoms. The zero-order chi connectivity index (χ0) is 43.8. The molecule has 0 bridgehead atoms. The molecule has 2 heterocycles. The molecule has 0 aliphatic heterocycles. The van der Waals surface area contributed by atoms with E-state index in [1.54, 1.807) is 77.9 Å². The van der Waals surface area contributed by atoms with Gasteiger partial charge in [0.15, 0.2) is 0 Å². The molecule has 19 heteroatoms. The minimum absolute atomic E-state index is 0.0280. The Hall–Kier alpha value is -5.79. The highest BCUT2D eigenvalue weighted by atomic mass is 32.3. The third-order valence-corrected chi connectivity index (χ3v) is 8.06. The van der Waals surface area contributed by atoms with Crippen LogP contribution < -0.4 is 31.6 Å². The Morgan fingerprint density at radius 1 is 0.684 bits per heavy atom.